The van der Waals surface area contributed by atoms with Gasteiger partial charge in [-0.3, -0.25) is 5.10 Å². The highest BCUT2D eigenvalue weighted by Gasteiger charge is 2.15. The number of nitrogens with zero attached hydrogens (tertiary/aromatic N) is 3. The Labute approximate surface area is 98.9 Å². The largest absolute Gasteiger partial charge is 0.383 e. The van der Waals surface area contributed by atoms with Crippen LogP contribution in [-0.4, -0.2) is 39.9 Å². The van der Waals surface area contributed by atoms with Crippen LogP contribution in [0.25, 0.3) is 11.0 Å². The molecule has 0 spiro atoms. The molecule has 2 heterocycles. The number of rotatable bonds is 4. The monoisotopic (exact) mass is 257 g/mol. The van der Waals surface area contributed by atoms with E-state index in [9.17, 15) is 8.42 Å². The molecule has 0 aromatic carbocycles. The fraction of sp³-hybridized carbons (Fsp3) is 0.556. The van der Waals surface area contributed by atoms with E-state index >= 15 is 0 Å². The van der Waals surface area contributed by atoms with Gasteiger partial charge in [0, 0.05) is 5.75 Å². The van der Waals surface area contributed by atoms with Crippen LogP contribution in [0.1, 0.15) is 12.6 Å². The zero-order chi connectivity index (χ0) is 12.6. The number of sulfone groups is 1. The zero-order valence-corrected chi connectivity index (χ0v) is 10.6. The predicted octanol–water partition coefficient (Wildman–Crippen LogP) is 0.0847. The average Bonchev–Trinajstić information content (AvgIpc) is 2.79. The van der Waals surface area contributed by atoms with E-state index in [2.05, 4.69) is 15.3 Å². The molecule has 0 saturated heterocycles. The molecule has 94 valence electrons. The van der Waals surface area contributed by atoms with Gasteiger partial charge >= 0.3 is 0 Å². The van der Waals surface area contributed by atoms with Gasteiger partial charge in [0.25, 0.3) is 0 Å². The molecular formula is C9H15N5O2S. The van der Waals surface area contributed by atoms with Gasteiger partial charge in [-0.2, -0.15) is 10.2 Å². The van der Waals surface area contributed by atoms with Crippen LogP contribution in [0.5, 0.6) is 0 Å². The Hall–Kier alpha value is -1.57. The third-order valence-corrected chi connectivity index (χ3v) is 4.39. The van der Waals surface area contributed by atoms with Crippen molar-refractivity contribution < 1.29 is 8.42 Å². The molecule has 0 atom stereocenters. The van der Waals surface area contributed by atoms with Crippen molar-refractivity contribution >= 4 is 26.7 Å². The maximum absolute atomic E-state index is 11.4. The smallest absolute Gasteiger partial charge is 0.182 e. The highest BCUT2D eigenvalue weighted by atomic mass is 32.2. The summed E-state index contributed by atoms with van der Waals surface area (Å²) < 4.78 is 24.4. The first-order valence-corrected chi connectivity index (χ1v) is 7.14. The highest BCUT2D eigenvalue weighted by molar-refractivity contribution is 7.91. The number of aromatic amines is 1. The van der Waals surface area contributed by atoms with Crippen LogP contribution in [0, 0.1) is 6.92 Å². The molecule has 17 heavy (non-hydrogen) atoms. The Bertz CT molecular complexity index is 640. The standard InChI is InChI=1S/C9H15N5O2S/c1-3-17(15,16)5-4-14-9-7(6(2)13-14)8(10)11-12-9/h3-5H2,1-2H3,(H3,10,11,12). The van der Waals surface area contributed by atoms with Gasteiger partial charge in [0.1, 0.15) is 5.82 Å². The van der Waals surface area contributed by atoms with E-state index in [0.29, 0.717) is 18.0 Å². The third-order valence-electron chi connectivity index (χ3n) is 2.71. The van der Waals surface area contributed by atoms with Gasteiger partial charge in [-0.25, -0.2) is 13.1 Å². The number of nitrogen functional groups attached to an aromatic ring is 1. The van der Waals surface area contributed by atoms with Crippen molar-refractivity contribution in [2.75, 3.05) is 17.2 Å². The van der Waals surface area contributed by atoms with E-state index in [-0.39, 0.29) is 11.5 Å². The quantitative estimate of drug-likeness (QED) is 0.807. The maximum Gasteiger partial charge on any atom is 0.182 e. The number of aryl methyl sites for hydroxylation is 2. The fourth-order valence-corrected chi connectivity index (χ4v) is 2.43. The summed E-state index contributed by atoms with van der Waals surface area (Å²) in [7, 11) is -3.00. The normalized spacial score (nSPS) is 12.4. The molecule has 0 aliphatic heterocycles. The Balaban J connectivity index is 2.31. The Kier molecular flexibility index (Phi) is 2.82. The molecule has 0 fully saturated rings. The summed E-state index contributed by atoms with van der Waals surface area (Å²) in [6.45, 7) is 3.75. The lowest BCUT2D eigenvalue weighted by Gasteiger charge is -2.01. The van der Waals surface area contributed by atoms with Crippen LogP contribution in [0.15, 0.2) is 0 Å². The van der Waals surface area contributed by atoms with Gasteiger partial charge in [-0.05, 0) is 6.92 Å². The number of hydrogen-bond acceptors (Lipinski definition) is 5. The van der Waals surface area contributed by atoms with Crippen molar-refractivity contribution in [2.24, 2.45) is 0 Å². The number of aromatic nitrogens is 4. The lowest BCUT2D eigenvalue weighted by molar-refractivity contribution is 0.583. The molecule has 0 radical (unpaired) electrons. The summed E-state index contributed by atoms with van der Waals surface area (Å²) in [5, 5.41) is 11.7. The van der Waals surface area contributed by atoms with Crippen LogP contribution < -0.4 is 5.73 Å². The van der Waals surface area contributed by atoms with Crippen molar-refractivity contribution in [3.63, 3.8) is 0 Å². The molecule has 0 aliphatic carbocycles. The van der Waals surface area contributed by atoms with Crippen molar-refractivity contribution in [3.05, 3.63) is 5.69 Å². The first-order valence-electron chi connectivity index (χ1n) is 5.32. The Morgan fingerprint density at radius 3 is 2.82 bits per heavy atom. The van der Waals surface area contributed by atoms with E-state index in [1.54, 1.807) is 11.6 Å². The molecule has 2 aromatic heterocycles. The summed E-state index contributed by atoms with van der Waals surface area (Å²) >= 11 is 0. The minimum atomic E-state index is -3.00. The van der Waals surface area contributed by atoms with Crippen molar-refractivity contribution in [2.45, 2.75) is 20.4 Å². The number of nitrogens with two attached hydrogens (primary N) is 1. The van der Waals surface area contributed by atoms with Gasteiger partial charge in [0.15, 0.2) is 15.5 Å². The maximum atomic E-state index is 11.4. The van der Waals surface area contributed by atoms with Gasteiger partial charge in [-0.1, -0.05) is 6.92 Å². The molecule has 0 amide bonds. The molecule has 8 heteroatoms. The minimum absolute atomic E-state index is 0.0620. The van der Waals surface area contributed by atoms with Crippen molar-refractivity contribution in [3.8, 4) is 0 Å². The van der Waals surface area contributed by atoms with E-state index in [1.807, 2.05) is 6.92 Å². The van der Waals surface area contributed by atoms with E-state index in [4.69, 9.17) is 5.73 Å². The van der Waals surface area contributed by atoms with Gasteiger partial charge < -0.3 is 5.73 Å². The van der Waals surface area contributed by atoms with E-state index < -0.39 is 9.84 Å². The van der Waals surface area contributed by atoms with Gasteiger partial charge in [0.2, 0.25) is 0 Å². The summed E-state index contributed by atoms with van der Waals surface area (Å²) in [6.07, 6.45) is 0. The number of H-pyrrole nitrogens is 1. The number of nitrogens with one attached hydrogen (secondary N) is 1. The first-order chi connectivity index (χ1) is 7.94. The molecule has 3 N–H and O–H groups in total. The molecule has 0 bridgehead atoms. The topological polar surface area (TPSA) is 107 Å². The molecule has 0 aliphatic rings. The SMILES string of the molecule is CCS(=O)(=O)CCn1nc(C)c2c(N)[nH]nc21. The summed E-state index contributed by atoms with van der Waals surface area (Å²) in [5.74, 6) is 0.660. The van der Waals surface area contributed by atoms with Crippen LogP contribution in [0.3, 0.4) is 0 Å². The lowest BCUT2D eigenvalue weighted by atomic mass is 10.3. The summed E-state index contributed by atoms with van der Waals surface area (Å²) in [5.41, 5.74) is 7.06. The molecule has 0 saturated carbocycles. The molecule has 2 rings (SSSR count). The lowest BCUT2D eigenvalue weighted by Crippen LogP contribution is -2.15. The summed E-state index contributed by atoms with van der Waals surface area (Å²) in [6, 6.07) is 0. The van der Waals surface area contributed by atoms with Crippen molar-refractivity contribution in [1.29, 1.82) is 0 Å². The highest BCUT2D eigenvalue weighted by Crippen LogP contribution is 2.21. The van der Waals surface area contributed by atoms with Crippen molar-refractivity contribution in [1.82, 2.24) is 20.0 Å². The van der Waals surface area contributed by atoms with Crippen LogP contribution >= 0.6 is 0 Å². The molecule has 7 nitrogen and oxygen atoms in total. The van der Waals surface area contributed by atoms with E-state index in [1.165, 1.54) is 0 Å². The molecule has 2 aromatic rings. The Morgan fingerprint density at radius 2 is 2.18 bits per heavy atom. The summed E-state index contributed by atoms with van der Waals surface area (Å²) in [4.78, 5) is 0. The zero-order valence-electron chi connectivity index (χ0n) is 9.77. The second kappa shape index (κ2) is 4.02. The van der Waals surface area contributed by atoms with Gasteiger partial charge in [-0.15, -0.1) is 0 Å². The minimum Gasteiger partial charge on any atom is -0.383 e. The second-order valence-electron chi connectivity index (χ2n) is 3.88. The third kappa shape index (κ3) is 2.12. The fourth-order valence-electron chi connectivity index (χ4n) is 1.69. The second-order valence-corrected chi connectivity index (χ2v) is 6.35. The predicted molar refractivity (Wildman–Crippen MR) is 65.4 cm³/mol. The number of fused-ring (bicyclic) bond motifs is 1. The average molecular weight is 257 g/mol. The van der Waals surface area contributed by atoms with E-state index in [0.717, 1.165) is 11.1 Å². The molecule has 0 unspecified atom stereocenters. The number of anilines is 1. The van der Waals surface area contributed by atoms with Crippen LogP contribution in [0.2, 0.25) is 0 Å². The number of hydrogen-bond donors (Lipinski definition) is 2. The van der Waals surface area contributed by atoms with Crippen LogP contribution in [0.4, 0.5) is 5.82 Å². The van der Waals surface area contributed by atoms with Gasteiger partial charge in [0.05, 0.1) is 23.4 Å². The van der Waals surface area contributed by atoms with Crippen LogP contribution in [-0.2, 0) is 16.4 Å². The first kappa shape index (κ1) is 11.9. The Morgan fingerprint density at radius 1 is 1.47 bits per heavy atom. The molecular weight excluding hydrogens is 242 g/mol.